The second kappa shape index (κ2) is 15.2. The van der Waals surface area contributed by atoms with Crippen molar-refractivity contribution in [3.05, 3.63) is 193 Å². The van der Waals surface area contributed by atoms with Crippen molar-refractivity contribution in [3.63, 3.8) is 0 Å². The Morgan fingerprint density at radius 1 is 0.750 bits per heavy atom. The SMILES string of the molecule is C=C/C=C(\C=C)N=C(N=C(C)c1ccccc1)c1ccc(C2(C3=CCC(C)(c4nc(-c5ccccc5)c5ccccc5n4)C=C3)CCCCC2)cc1. The van der Waals surface area contributed by atoms with Crippen LogP contribution in [0.2, 0.25) is 0 Å². The predicted molar refractivity (Wildman–Crippen MR) is 219 cm³/mol. The Balaban J connectivity index is 1.23. The molecular formula is C48H46N4. The molecule has 0 saturated heterocycles. The van der Waals surface area contributed by atoms with Gasteiger partial charge in [-0.05, 0) is 68.0 Å². The molecule has 4 nitrogen and oxygen atoms in total. The van der Waals surface area contributed by atoms with Crippen LogP contribution in [0, 0.1) is 0 Å². The summed E-state index contributed by atoms with van der Waals surface area (Å²) in [6, 6.07) is 38.0. The first-order valence-corrected chi connectivity index (χ1v) is 18.4. The van der Waals surface area contributed by atoms with Gasteiger partial charge in [-0.2, -0.15) is 0 Å². The Hall–Kier alpha value is -5.74. The number of allylic oxidation sites excluding steroid dienone is 7. The monoisotopic (exact) mass is 678 g/mol. The third kappa shape index (κ3) is 7.07. The molecule has 258 valence electrons. The van der Waals surface area contributed by atoms with E-state index in [-0.39, 0.29) is 10.8 Å². The minimum Gasteiger partial charge on any atom is -0.233 e. The maximum atomic E-state index is 5.25. The number of benzene rings is 4. The van der Waals surface area contributed by atoms with Gasteiger partial charge in [0.1, 0.15) is 5.82 Å². The topological polar surface area (TPSA) is 50.5 Å². The molecule has 0 radical (unpaired) electrons. The van der Waals surface area contributed by atoms with Gasteiger partial charge in [0, 0.05) is 33.1 Å². The summed E-state index contributed by atoms with van der Waals surface area (Å²) in [6.45, 7) is 12.1. The lowest BCUT2D eigenvalue weighted by molar-refractivity contribution is 0.341. The van der Waals surface area contributed by atoms with E-state index in [0.29, 0.717) is 11.5 Å². The Bertz CT molecular complexity index is 2230. The van der Waals surface area contributed by atoms with Gasteiger partial charge in [0.15, 0.2) is 5.84 Å². The van der Waals surface area contributed by atoms with E-state index in [1.54, 1.807) is 12.2 Å². The van der Waals surface area contributed by atoms with E-state index in [9.17, 15) is 0 Å². The molecule has 1 saturated carbocycles. The van der Waals surface area contributed by atoms with Crippen molar-refractivity contribution in [2.24, 2.45) is 9.98 Å². The highest BCUT2D eigenvalue weighted by atomic mass is 14.9. The summed E-state index contributed by atoms with van der Waals surface area (Å²) in [5.74, 6) is 1.51. The van der Waals surface area contributed by atoms with Crippen LogP contribution in [0.5, 0.6) is 0 Å². The minimum atomic E-state index is -0.321. The summed E-state index contributed by atoms with van der Waals surface area (Å²) in [4.78, 5) is 20.4. The highest BCUT2D eigenvalue weighted by Crippen LogP contribution is 2.48. The third-order valence-corrected chi connectivity index (χ3v) is 10.7. The summed E-state index contributed by atoms with van der Waals surface area (Å²) < 4.78 is 0. The van der Waals surface area contributed by atoms with E-state index in [4.69, 9.17) is 20.0 Å². The van der Waals surface area contributed by atoms with Crippen molar-refractivity contribution in [1.29, 1.82) is 0 Å². The molecule has 1 atom stereocenters. The van der Waals surface area contributed by atoms with Gasteiger partial charge in [-0.15, -0.1) is 0 Å². The number of nitrogens with zero attached hydrogens (tertiary/aromatic N) is 4. The molecular weight excluding hydrogens is 633 g/mol. The highest BCUT2D eigenvalue weighted by Gasteiger charge is 2.39. The molecule has 5 aromatic rings. The molecule has 2 aliphatic carbocycles. The normalized spacial score (nSPS) is 19.3. The van der Waals surface area contributed by atoms with Crippen molar-refractivity contribution in [2.45, 2.75) is 63.2 Å². The smallest absolute Gasteiger partial charge is 0.160 e. The first-order chi connectivity index (χ1) is 25.4. The quantitative estimate of drug-likeness (QED) is 0.0885. The summed E-state index contributed by atoms with van der Waals surface area (Å²) in [6.07, 6.45) is 19.3. The lowest BCUT2D eigenvalue weighted by atomic mass is 9.62. The Morgan fingerprint density at radius 2 is 1.44 bits per heavy atom. The van der Waals surface area contributed by atoms with Crippen LogP contribution in [0.4, 0.5) is 0 Å². The predicted octanol–water partition coefficient (Wildman–Crippen LogP) is 11.9. The van der Waals surface area contributed by atoms with Crippen LogP contribution in [0.1, 0.15) is 74.9 Å². The summed E-state index contributed by atoms with van der Waals surface area (Å²) in [5.41, 5.74) is 9.09. The molecule has 1 aromatic heterocycles. The van der Waals surface area contributed by atoms with Gasteiger partial charge < -0.3 is 0 Å². The van der Waals surface area contributed by atoms with Crippen molar-refractivity contribution < 1.29 is 0 Å². The van der Waals surface area contributed by atoms with Crippen LogP contribution in [0.15, 0.2) is 180 Å². The molecule has 4 heteroatoms. The Morgan fingerprint density at radius 3 is 2.12 bits per heavy atom. The second-order valence-corrected chi connectivity index (χ2v) is 14.1. The zero-order chi connectivity index (χ0) is 36.0. The molecule has 7 rings (SSSR count). The maximum Gasteiger partial charge on any atom is 0.160 e. The number of para-hydroxylation sites is 1. The maximum absolute atomic E-state index is 5.25. The molecule has 0 spiro atoms. The number of fused-ring (bicyclic) bond motifs is 1. The fraction of sp³-hybridized carbons (Fsp3) is 0.208. The van der Waals surface area contributed by atoms with Crippen LogP contribution >= 0.6 is 0 Å². The van der Waals surface area contributed by atoms with Crippen LogP contribution in [0.25, 0.3) is 22.2 Å². The zero-order valence-electron chi connectivity index (χ0n) is 30.3. The van der Waals surface area contributed by atoms with Gasteiger partial charge in [0.05, 0.1) is 16.9 Å². The van der Waals surface area contributed by atoms with Gasteiger partial charge in [-0.3, -0.25) is 0 Å². The van der Waals surface area contributed by atoms with Gasteiger partial charge in [-0.25, -0.2) is 20.0 Å². The van der Waals surface area contributed by atoms with E-state index in [0.717, 1.165) is 64.1 Å². The van der Waals surface area contributed by atoms with E-state index in [1.807, 2.05) is 37.3 Å². The first-order valence-electron chi connectivity index (χ1n) is 18.4. The largest absolute Gasteiger partial charge is 0.233 e. The van der Waals surface area contributed by atoms with Gasteiger partial charge in [0.2, 0.25) is 0 Å². The number of amidine groups is 1. The molecule has 2 aliphatic rings. The van der Waals surface area contributed by atoms with Crippen molar-refractivity contribution in [3.8, 4) is 11.3 Å². The van der Waals surface area contributed by atoms with Gasteiger partial charge >= 0.3 is 0 Å². The van der Waals surface area contributed by atoms with Crippen molar-refractivity contribution in [2.75, 3.05) is 0 Å². The van der Waals surface area contributed by atoms with Gasteiger partial charge in [-0.1, -0.05) is 160 Å². The molecule has 0 N–H and O–H groups in total. The molecule has 52 heavy (non-hydrogen) atoms. The van der Waals surface area contributed by atoms with Crippen LogP contribution in [0.3, 0.4) is 0 Å². The van der Waals surface area contributed by atoms with Crippen LogP contribution in [-0.2, 0) is 10.8 Å². The van der Waals surface area contributed by atoms with E-state index >= 15 is 0 Å². The average molecular weight is 679 g/mol. The molecule has 1 fully saturated rings. The average Bonchev–Trinajstić information content (AvgIpc) is 3.21. The van der Waals surface area contributed by atoms with Gasteiger partial charge in [0.25, 0.3) is 0 Å². The van der Waals surface area contributed by atoms with E-state index in [2.05, 4.69) is 123 Å². The summed E-state index contributed by atoms with van der Waals surface area (Å²) in [5, 5.41) is 1.08. The Kier molecular flexibility index (Phi) is 10.2. The Labute approximate surface area is 308 Å². The number of rotatable bonds is 9. The lowest BCUT2D eigenvalue weighted by Gasteiger charge is -2.41. The second-order valence-electron chi connectivity index (χ2n) is 14.1. The molecule has 0 bridgehead atoms. The van der Waals surface area contributed by atoms with Crippen molar-refractivity contribution in [1.82, 2.24) is 9.97 Å². The fourth-order valence-electron chi connectivity index (χ4n) is 7.69. The zero-order valence-corrected chi connectivity index (χ0v) is 30.3. The molecule has 0 amide bonds. The summed E-state index contributed by atoms with van der Waals surface area (Å²) in [7, 11) is 0. The number of hydrogen-bond acceptors (Lipinski definition) is 3. The minimum absolute atomic E-state index is 0.0520. The molecule has 1 heterocycles. The molecule has 4 aromatic carbocycles. The highest BCUT2D eigenvalue weighted by molar-refractivity contribution is 6.11. The van der Waals surface area contributed by atoms with Crippen molar-refractivity contribution >= 4 is 22.5 Å². The van der Waals surface area contributed by atoms with Crippen LogP contribution in [-0.4, -0.2) is 21.5 Å². The molecule has 0 aliphatic heterocycles. The third-order valence-electron chi connectivity index (χ3n) is 10.7. The fourth-order valence-corrected chi connectivity index (χ4v) is 7.69. The number of aliphatic imine (C=N–C) groups is 2. The first kappa shape index (κ1) is 34.7. The number of hydrogen-bond donors (Lipinski definition) is 0. The standard InChI is InChI=1S/C48H46N4/c1-5-18-41(6-2)50-45(49-35(3)36-19-10-7-11-20-36)38-25-27-39(28-26-38)48(31-16-9-17-32-48)40-29-33-47(4,34-30-40)46-51-43-24-15-14-23-42(43)44(52-46)37-21-12-8-13-22-37/h5-8,10-15,18-30,33H,1-2,9,16-17,31-32,34H2,3-4H3/b41-18+,49-35?,50-45?. The van der Waals surface area contributed by atoms with E-state index in [1.165, 1.54) is 30.4 Å². The lowest BCUT2D eigenvalue weighted by Crippen LogP contribution is -2.33. The van der Waals surface area contributed by atoms with E-state index < -0.39 is 0 Å². The van der Waals surface area contributed by atoms with Crippen LogP contribution < -0.4 is 0 Å². The molecule has 1 unspecified atom stereocenters. The number of aromatic nitrogens is 2. The summed E-state index contributed by atoms with van der Waals surface area (Å²) >= 11 is 0.